The molecule has 1 aromatic carbocycles. The van der Waals surface area contributed by atoms with Gasteiger partial charge in [-0.05, 0) is 43.2 Å². The van der Waals surface area contributed by atoms with Crippen LogP contribution >= 0.6 is 0 Å². The van der Waals surface area contributed by atoms with Crippen molar-refractivity contribution in [3.63, 3.8) is 0 Å². The maximum atomic E-state index is 12.7. The monoisotopic (exact) mass is 380 g/mol. The van der Waals surface area contributed by atoms with Crippen LogP contribution in [0.15, 0.2) is 45.9 Å². The number of anilines is 1. The van der Waals surface area contributed by atoms with Gasteiger partial charge in [0.25, 0.3) is 0 Å². The van der Waals surface area contributed by atoms with Crippen LogP contribution in [0.3, 0.4) is 0 Å². The Balaban J connectivity index is 1.82. The number of carboxylic acid groups (broad SMARTS) is 1. The van der Waals surface area contributed by atoms with Crippen LogP contribution in [0, 0.1) is 0 Å². The van der Waals surface area contributed by atoms with Crippen molar-refractivity contribution in [1.82, 2.24) is 4.72 Å². The molecule has 1 aliphatic heterocycles. The quantitative estimate of drug-likeness (QED) is 0.641. The first-order valence-corrected chi connectivity index (χ1v) is 9.69. The third-order valence-corrected chi connectivity index (χ3v) is 5.54. The van der Waals surface area contributed by atoms with Gasteiger partial charge in [0.1, 0.15) is 10.7 Å². The first-order valence-electron chi connectivity index (χ1n) is 8.20. The van der Waals surface area contributed by atoms with Crippen LogP contribution in [0.1, 0.15) is 29.0 Å². The molecular formula is C17H20N2O6S. The van der Waals surface area contributed by atoms with Crippen LogP contribution in [0.5, 0.6) is 0 Å². The number of rotatable bonds is 8. The van der Waals surface area contributed by atoms with Crippen LogP contribution in [-0.2, 0) is 21.3 Å². The Bertz CT molecular complexity index is 857. The lowest BCUT2D eigenvalue weighted by Crippen LogP contribution is -2.32. The van der Waals surface area contributed by atoms with Crippen molar-refractivity contribution in [3.05, 3.63) is 47.9 Å². The average molecular weight is 380 g/mol. The van der Waals surface area contributed by atoms with E-state index in [0.717, 1.165) is 18.9 Å². The minimum atomic E-state index is -3.91. The van der Waals surface area contributed by atoms with E-state index in [1.54, 1.807) is 12.1 Å². The van der Waals surface area contributed by atoms with Gasteiger partial charge in [0.2, 0.25) is 10.0 Å². The van der Waals surface area contributed by atoms with Crippen molar-refractivity contribution < 1.29 is 27.5 Å². The lowest BCUT2D eigenvalue weighted by molar-refractivity contribution is 0.0696. The highest BCUT2D eigenvalue weighted by Gasteiger charge is 2.24. The molecule has 2 aromatic rings. The molecule has 0 unspecified atom stereocenters. The van der Waals surface area contributed by atoms with E-state index in [9.17, 15) is 18.3 Å². The molecule has 1 atom stereocenters. The predicted octanol–water partition coefficient (Wildman–Crippen LogP) is 2.05. The molecule has 0 amide bonds. The minimum Gasteiger partial charge on any atom is -0.478 e. The van der Waals surface area contributed by atoms with Crippen molar-refractivity contribution in [2.24, 2.45) is 0 Å². The van der Waals surface area contributed by atoms with Gasteiger partial charge in [0.15, 0.2) is 0 Å². The van der Waals surface area contributed by atoms with E-state index < -0.39 is 16.0 Å². The van der Waals surface area contributed by atoms with Crippen LogP contribution < -0.4 is 10.0 Å². The molecule has 3 N–H and O–H groups in total. The van der Waals surface area contributed by atoms with E-state index in [1.807, 2.05) is 0 Å². The molecule has 0 radical (unpaired) electrons. The smallest absolute Gasteiger partial charge is 0.335 e. The zero-order valence-corrected chi connectivity index (χ0v) is 14.8. The summed E-state index contributed by atoms with van der Waals surface area (Å²) >= 11 is 0. The fourth-order valence-electron chi connectivity index (χ4n) is 2.70. The molecule has 1 saturated heterocycles. The Labute approximate surface area is 151 Å². The Morgan fingerprint density at radius 3 is 2.81 bits per heavy atom. The maximum absolute atomic E-state index is 12.7. The molecule has 8 nitrogen and oxygen atoms in total. The van der Waals surface area contributed by atoms with Gasteiger partial charge in [-0.1, -0.05) is 0 Å². The number of furan rings is 1. The summed E-state index contributed by atoms with van der Waals surface area (Å²) in [4.78, 5) is 11.1. The van der Waals surface area contributed by atoms with E-state index in [4.69, 9.17) is 9.15 Å². The highest BCUT2D eigenvalue weighted by molar-refractivity contribution is 7.89. The Morgan fingerprint density at radius 2 is 2.15 bits per heavy atom. The SMILES string of the molecule is O=C(O)c1ccc(NCc2ccco2)c(S(=O)(=O)NC[C@@H]2CCCO2)c1. The first kappa shape index (κ1) is 18.4. The molecule has 140 valence electrons. The minimum absolute atomic E-state index is 0.106. The molecule has 1 fully saturated rings. The maximum Gasteiger partial charge on any atom is 0.335 e. The standard InChI is InChI=1S/C17H20N2O6S/c20-17(21)12-5-6-15(18-10-13-3-1-7-24-13)16(9-12)26(22,23)19-11-14-4-2-8-25-14/h1,3,5-7,9,14,18-19H,2,4,8,10-11H2,(H,20,21)/t14-/m0/s1. The van der Waals surface area contributed by atoms with Crippen LogP contribution in [0.4, 0.5) is 5.69 Å². The number of sulfonamides is 1. The lowest BCUT2D eigenvalue weighted by atomic mass is 10.2. The summed E-state index contributed by atoms with van der Waals surface area (Å²) in [5.74, 6) is -0.568. The summed E-state index contributed by atoms with van der Waals surface area (Å²) in [6, 6.07) is 7.41. The van der Waals surface area contributed by atoms with E-state index in [0.29, 0.717) is 18.1 Å². The fraction of sp³-hybridized carbons (Fsp3) is 0.353. The van der Waals surface area contributed by atoms with Crippen LogP contribution in [0.25, 0.3) is 0 Å². The van der Waals surface area contributed by atoms with Gasteiger partial charge in [0.05, 0.1) is 30.2 Å². The van der Waals surface area contributed by atoms with Gasteiger partial charge >= 0.3 is 5.97 Å². The van der Waals surface area contributed by atoms with Gasteiger partial charge in [-0.3, -0.25) is 0 Å². The lowest BCUT2D eigenvalue weighted by Gasteiger charge is -2.15. The van der Waals surface area contributed by atoms with Crippen molar-refractivity contribution in [2.45, 2.75) is 30.4 Å². The van der Waals surface area contributed by atoms with Gasteiger partial charge in [-0.2, -0.15) is 0 Å². The van der Waals surface area contributed by atoms with Crippen LogP contribution in [-0.4, -0.2) is 38.7 Å². The Morgan fingerprint density at radius 1 is 1.31 bits per heavy atom. The number of benzene rings is 1. The number of nitrogens with one attached hydrogen (secondary N) is 2. The predicted molar refractivity (Wildman–Crippen MR) is 93.6 cm³/mol. The van der Waals surface area contributed by atoms with Gasteiger partial charge in [-0.25, -0.2) is 17.9 Å². The fourth-order valence-corrected chi connectivity index (χ4v) is 3.98. The Kier molecular flexibility index (Phi) is 5.60. The van der Waals surface area contributed by atoms with Crippen molar-refractivity contribution in [1.29, 1.82) is 0 Å². The van der Waals surface area contributed by atoms with Crippen molar-refractivity contribution in [2.75, 3.05) is 18.5 Å². The summed E-state index contributed by atoms with van der Waals surface area (Å²) in [5.41, 5.74) is 0.192. The number of aromatic carboxylic acids is 1. The molecule has 0 bridgehead atoms. The molecule has 2 heterocycles. The van der Waals surface area contributed by atoms with Gasteiger partial charge in [0, 0.05) is 13.2 Å². The second kappa shape index (κ2) is 7.90. The molecular weight excluding hydrogens is 360 g/mol. The second-order valence-corrected chi connectivity index (χ2v) is 7.67. The molecule has 0 aliphatic carbocycles. The normalized spacial score (nSPS) is 17.3. The molecule has 0 spiro atoms. The van der Waals surface area contributed by atoms with Crippen molar-refractivity contribution in [3.8, 4) is 0 Å². The summed E-state index contributed by atoms with van der Waals surface area (Å²) in [6.45, 7) is 1.04. The first-order chi connectivity index (χ1) is 12.5. The molecule has 1 aromatic heterocycles. The van der Waals surface area contributed by atoms with Gasteiger partial charge in [-0.15, -0.1) is 0 Å². The summed E-state index contributed by atoms with van der Waals surface area (Å²) < 4.78 is 38.6. The number of hydrogen-bond acceptors (Lipinski definition) is 6. The second-order valence-electron chi connectivity index (χ2n) is 5.94. The highest BCUT2D eigenvalue weighted by Crippen LogP contribution is 2.24. The zero-order chi connectivity index (χ0) is 18.6. The average Bonchev–Trinajstić information content (AvgIpc) is 3.31. The van der Waals surface area contributed by atoms with E-state index >= 15 is 0 Å². The number of ether oxygens (including phenoxy) is 1. The topological polar surface area (TPSA) is 118 Å². The third-order valence-electron chi connectivity index (χ3n) is 4.08. The highest BCUT2D eigenvalue weighted by atomic mass is 32.2. The summed E-state index contributed by atoms with van der Waals surface area (Å²) in [7, 11) is -3.91. The van der Waals surface area contributed by atoms with Crippen molar-refractivity contribution >= 4 is 21.7 Å². The summed E-state index contributed by atoms with van der Waals surface area (Å²) in [6.07, 6.45) is 3.05. The van der Waals surface area contributed by atoms with E-state index in [1.165, 1.54) is 18.4 Å². The van der Waals surface area contributed by atoms with E-state index in [-0.39, 0.29) is 29.7 Å². The number of carbonyl (C=O) groups is 1. The zero-order valence-electron chi connectivity index (χ0n) is 14.0. The molecule has 26 heavy (non-hydrogen) atoms. The third kappa shape index (κ3) is 4.43. The number of carboxylic acids is 1. The largest absolute Gasteiger partial charge is 0.478 e. The molecule has 0 saturated carbocycles. The summed E-state index contributed by atoms with van der Waals surface area (Å²) in [5, 5.41) is 12.2. The molecule has 1 aliphatic rings. The molecule has 9 heteroatoms. The van der Waals surface area contributed by atoms with Gasteiger partial charge < -0.3 is 19.6 Å². The Hall–Kier alpha value is -2.36. The van der Waals surface area contributed by atoms with Crippen LogP contribution in [0.2, 0.25) is 0 Å². The number of hydrogen-bond donors (Lipinski definition) is 3. The molecule has 3 rings (SSSR count). The van der Waals surface area contributed by atoms with E-state index in [2.05, 4.69) is 10.0 Å².